The highest BCUT2D eigenvalue weighted by atomic mass is 16.5. The summed E-state index contributed by atoms with van der Waals surface area (Å²) >= 11 is 0. The molecular weight excluding hydrogens is 250 g/mol. The van der Waals surface area contributed by atoms with Gasteiger partial charge in [-0.25, -0.2) is 0 Å². The summed E-state index contributed by atoms with van der Waals surface area (Å²) in [6, 6.07) is 9.93. The van der Waals surface area contributed by atoms with E-state index in [1.54, 1.807) is 6.08 Å². The first-order chi connectivity index (χ1) is 9.80. The fourth-order valence-electron chi connectivity index (χ4n) is 3.26. The number of rotatable bonds is 2. The molecule has 2 fully saturated rings. The predicted molar refractivity (Wildman–Crippen MR) is 79.0 cm³/mol. The lowest BCUT2D eigenvalue weighted by Gasteiger charge is -2.39. The van der Waals surface area contributed by atoms with Crippen LogP contribution in [0.15, 0.2) is 36.4 Å². The van der Waals surface area contributed by atoms with Crippen LogP contribution in [-0.4, -0.2) is 29.7 Å². The van der Waals surface area contributed by atoms with Gasteiger partial charge in [0, 0.05) is 12.6 Å². The van der Waals surface area contributed by atoms with E-state index in [4.69, 9.17) is 4.74 Å². The average Bonchev–Trinajstić information content (AvgIpc) is 2.90. The van der Waals surface area contributed by atoms with Crippen LogP contribution >= 0.6 is 0 Å². The molecule has 1 amide bonds. The van der Waals surface area contributed by atoms with E-state index >= 15 is 0 Å². The zero-order valence-corrected chi connectivity index (χ0v) is 11.8. The molecule has 3 rings (SSSR count). The van der Waals surface area contributed by atoms with Gasteiger partial charge in [-0.2, -0.15) is 0 Å². The van der Waals surface area contributed by atoms with Crippen LogP contribution in [0, 0.1) is 0 Å². The largest absolute Gasteiger partial charge is 0.354 e. The monoisotopic (exact) mass is 271 g/mol. The van der Waals surface area contributed by atoms with E-state index in [2.05, 4.69) is 0 Å². The zero-order chi connectivity index (χ0) is 13.8. The van der Waals surface area contributed by atoms with E-state index in [9.17, 15) is 4.79 Å². The summed E-state index contributed by atoms with van der Waals surface area (Å²) in [7, 11) is 0. The number of hydrogen-bond donors (Lipinski definition) is 0. The molecule has 2 aliphatic rings. The van der Waals surface area contributed by atoms with Crippen LogP contribution in [0.25, 0.3) is 6.08 Å². The third kappa shape index (κ3) is 2.63. The number of ether oxygens (including phenoxy) is 1. The lowest BCUT2D eigenvalue weighted by molar-refractivity contribution is -0.149. The number of carbonyl (C=O) groups is 1. The molecule has 0 unspecified atom stereocenters. The van der Waals surface area contributed by atoms with Crippen molar-refractivity contribution in [2.45, 2.75) is 37.8 Å². The molecule has 3 heteroatoms. The topological polar surface area (TPSA) is 29.5 Å². The van der Waals surface area contributed by atoms with Crippen molar-refractivity contribution in [1.82, 2.24) is 4.90 Å². The van der Waals surface area contributed by atoms with Crippen molar-refractivity contribution < 1.29 is 9.53 Å². The molecule has 1 saturated heterocycles. The van der Waals surface area contributed by atoms with Crippen LogP contribution in [0.4, 0.5) is 0 Å². The van der Waals surface area contributed by atoms with Gasteiger partial charge in [-0.3, -0.25) is 4.79 Å². The minimum Gasteiger partial charge on any atom is -0.354 e. The number of benzene rings is 1. The summed E-state index contributed by atoms with van der Waals surface area (Å²) in [5, 5.41) is 0. The average molecular weight is 271 g/mol. The molecule has 1 aliphatic heterocycles. The van der Waals surface area contributed by atoms with Crippen molar-refractivity contribution in [2.75, 3.05) is 13.2 Å². The second-order valence-electron chi connectivity index (χ2n) is 5.59. The molecule has 1 spiro atoms. The normalized spacial score (nSPS) is 21.7. The third-order valence-electron chi connectivity index (χ3n) is 4.30. The molecule has 1 heterocycles. The summed E-state index contributed by atoms with van der Waals surface area (Å²) < 4.78 is 5.94. The Morgan fingerprint density at radius 3 is 2.65 bits per heavy atom. The minimum absolute atomic E-state index is 0.0771. The van der Waals surface area contributed by atoms with E-state index in [1.807, 2.05) is 41.3 Å². The van der Waals surface area contributed by atoms with Gasteiger partial charge in [-0.05, 0) is 37.3 Å². The maximum absolute atomic E-state index is 12.5. The Bertz CT molecular complexity index is 489. The predicted octanol–water partition coefficient (Wildman–Crippen LogP) is 3.22. The molecule has 1 saturated carbocycles. The maximum atomic E-state index is 12.5. The van der Waals surface area contributed by atoms with Crippen molar-refractivity contribution in [2.24, 2.45) is 0 Å². The Balaban J connectivity index is 1.71. The molecule has 0 aromatic heterocycles. The van der Waals surface area contributed by atoms with Crippen LogP contribution in [-0.2, 0) is 9.53 Å². The highest BCUT2D eigenvalue weighted by Gasteiger charge is 2.44. The maximum Gasteiger partial charge on any atom is 0.248 e. The van der Waals surface area contributed by atoms with Gasteiger partial charge in [0.1, 0.15) is 5.72 Å². The van der Waals surface area contributed by atoms with E-state index in [-0.39, 0.29) is 11.6 Å². The highest BCUT2D eigenvalue weighted by molar-refractivity contribution is 5.92. The van der Waals surface area contributed by atoms with Gasteiger partial charge in [0.15, 0.2) is 0 Å². The lowest BCUT2D eigenvalue weighted by atomic mass is 9.90. The SMILES string of the molecule is O=C(/C=C/c1ccccc1)N1CCOC12CCCCC2. The molecule has 0 atom stereocenters. The summed E-state index contributed by atoms with van der Waals surface area (Å²) in [5.41, 5.74) is 0.745. The minimum atomic E-state index is -0.309. The molecule has 0 radical (unpaired) electrons. The summed E-state index contributed by atoms with van der Waals surface area (Å²) in [4.78, 5) is 14.4. The highest BCUT2D eigenvalue weighted by Crippen LogP contribution is 2.38. The molecule has 1 aromatic rings. The fourth-order valence-corrected chi connectivity index (χ4v) is 3.26. The van der Waals surface area contributed by atoms with Crippen molar-refractivity contribution in [3.8, 4) is 0 Å². The second kappa shape index (κ2) is 5.80. The molecule has 20 heavy (non-hydrogen) atoms. The number of nitrogens with zero attached hydrogens (tertiary/aromatic N) is 1. The van der Waals surface area contributed by atoms with Gasteiger partial charge in [0.2, 0.25) is 5.91 Å². The first kappa shape index (κ1) is 13.4. The first-order valence-corrected chi connectivity index (χ1v) is 7.49. The van der Waals surface area contributed by atoms with E-state index in [1.165, 1.54) is 6.42 Å². The van der Waals surface area contributed by atoms with Gasteiger partial charge < -0.3 is 9.64 Å². The van der Waals surface area contributed by atoms with Crippen molar-refractivity contribution >= 4 is 12.0 Å². The van der Waals surface area contributed by atoms with Crippen LogP contribution < -0.4 is 0 Å². The van der Waals surface area contributed by atoms with Crippen LogP contribution in [0.2, 0.25) is 0 Å². The second-order valence-corrected chi connectivity index (χ2v) is 5.59. The molecule has 0 N–H and O–H groups in total. The Kier molecular flexibility index (Phi) is 3.88. The summed E-state index contributed by atoms with van der Waals surface area (Å²) in [6.45, 7) is 1.39. The van der Waals surface area contributed by atoms with Crippen LogP contribution in [0.3, 0.4) is 0 Å². The third-order valence-corrected chi connectivity index (χ3v) is 4.30. The van der Waals surface area contributed by atoms with Gasteiger partial charge in [0.05, 0.1) is 6.61 Å². The van der Waals surface area contributed by atoms with E-state index in [0.717, 1.165) is 37.8 Å². The molecular formula is C17H21NO2. The number of hydrogen-bond acceptors (Lipinski definition) is 2. The Morgan fingerprint density at radius 1 is 1.15 bits per heavy atom. The summed E-state index contributed by atoms with van der Waals surface area (Å²) in [5.74, 6) is 0.0771. The Labute approximate surface area is 120 Å². The molecule has 0 bridgehead atoms. The van der Waals surface area contributed by atoms with Crippen LogP contribution in [0.1, 0.15) is 37.7 Å². The Morgan fingerprint density at radius 2 is 1.90 bits per heavy atom. The smallest absolute Gasteiger partial charge is 0.248 e. The van der Waals surface area contributed by atoms with Crippen LogP contribution in [0.5, 0.6) is 0 Å². The number of amides is 1. The van der Waals surface area contributed by atoms with Crippen molar-refractivity contribution in [1.29, 1.82) is 0 Å². The van der Waals surface area contributed by atoms with E-state index < -0.39 is 0 Å². The molecule has 1 aliphatic carbocycles. The van der Waals surface area contributed by atoms with Crippen molar-refractivity contribution in [3.63, 3.8) is 0 Å². The van der Waals surface area contributed by atoms with Gasteiger partial charge in [-0.1, -0.05) is 36.8 Å². The zero-order valence-electron chi connectivity index (χ0n) is 11.8. The van der Waals surface area contributed by atoms with Gasteiger partial charge in [0.25, 0.3) is 0 Å². The number of carbonyl (C=O) groups excluding carboxylic acids is 1. The fraction of sp³-hybridized carbons (Fsp3) is 0.471. The summed E-state index contributed by atoms with van der Waals surface area (Å²) in [6.07, 6.45) is 9.11. The quantitative estimate of drug-likeness (QED) is 0.773. The standard InChI is InChI=1S/C17H21NO2/c19-16(10-9-15-7-3-1-4-8-15)18-13-14-20-17(18)11-5-2-6-12-17/h1,3-4,7-10H,2,5-6,11-14H2/b10-9+. The Hall–Kier alpha value is -1.61. The first-order valence-electron chi connectivity index (χ1n) is 7.49. The van der Waals surface area contributed by atoms with E-state index in [0.29, 0.717) is 6.61 Å². The molecule has 106 valence electrons. The van der Waals surface area contributed by atoms with Gasteiger partial charge in [-0.15, -0.1) is 0 Å². The molecule has 1 aromatic carbocycles. The van der Waals surface area contributed by atoms with Crippen molar-refractivity contribution in [3.05, 3.63) is 42.0 Å². The lowest BCUT2D eigenvalue weighted by Crippen LogP contribution is -2.48. The molecule has 3 nitrogen and oxygen atoms in total. The van der Waals surface area contributed by atoms with Gasteiger partial charge >= 0.3 is 0 Å².